The summed E-state index contributed by atoms with van der Waals surface area (Å²) in [5.41, 5.74) is 11.2. The Kier molecular flexibility index (Phi) is 9.26. The van der Waals surface area contributed by atoms with Crippen molar-refractivity contribution in [3.05, 3.63) is 84.6 Å². The fourth-order valence-corrected chi connectivity index (χ4v) is 4.11. The van der Waals surface area contributed by atoms with Crippen LogP contribution in [0.5, 0.6) is 0 Å². The number of aromatic nitrogens is 3. The number of nitrogens with two attached hydrogens (primary N) is 1. The van der Waals surface area contributed by atoms with Crippen LogP contribution in [0.2, 0.25) is 0 Å². The predicted molar refractivity (Wildman–Crippen MR) is 152 cm³/mol. The van der Waals surface area contributed by atoms with Crippen LogP contribution < -0.4 is 15.8 Å². The zero-order valence-electron chi connectivity index (χ0n) is 20.8. The maximum atomic E-state index is 5.91. The molecule has 7 heteroatoms. The number of hydrogen-bond acceptors (Lipinski definition) is 7. The summed E-state index contributed by atoms with van der Waals surface area (Å²) in [5.74, 6) is 1.27. The molecule has 2 aromatic heterocycles. The van der Waals surface area contributed by atoms with E-state index in [-0.39, 0.29) is 0 Å². The average molecular weight is 485 g/mol. The predicted octanol–water partition coefficient (Wildman–Crippen LogP) is 7.98. The number of hydrogen-bond donors (Lipinski definition) is 3. The summed E-state index contributed by atoms with van der Waals surface area (Å²) < 4.78 is 3.34. The van der Waals surface area contributed by atoms with Gasteiger partial charge in [0.2, 0.25) is 0 Å². The first-order chi connectivity index (χ1) is 17.2. The molecule has 0 saturated carbocycles. The molecular weight excluding hydrogens is 452 g/mol. The molecule has 0 radical (unpaired) electrons. The minimum absolute atomic E-state index is 0.632. The van der Waals surface area contributed by atoms with Crippen LogP contribution in [0, 0.1) is 6.92 Å². The summed E-state index contributed by atoms with van der Waals surface area (Å²) in [7, 11) is 0. The molecular formula is C28H32N6S. The monoisotopic (exact) mass is 484 g/mol. The summed E-state index contributed by atoms with van der Waals surface area (Å²) in [6.07, 6.45) is 1.80. The molecule has 0 bridgehead atoms. The molecule has 0 atom stereocenters. The van der Waals surface area contributed by atoms with E-state index in [2.05, 4.69) is 40.1 Å². The quantitative estimate of drug-likeness (QED) is 0.172. The Balaban J connectivity index is 0.000000815. The SMILES string of the molecule is CC.CC.Cc1cc(Nc2nc3ccccc3nc2NSc2cccc(N)c2)c2ncccc2c1. The van der Waals surface area contributed by atoms with Crippen LogP contribution >= 0.6 is 11.9 Å². The minimum atomic E-state index is 0.632. The molecule has 0 fully saturated rings. The molecule has 3 aromatic carbocycles. The highest BCUT2D eigenvalue weighted by atomic mass is 32.2. The second kappa shape index (κ2) is 12.6. The van der Waals surface area contributed by atoms with Gasteiger partial charge in [-0.3, -0.25) is 4.98 Å². The highest BCUT2D eigenvalue weighted by molar-refractivity contribution is 8.00. The first-order valence-corrected chi connectivity index (χ1v) is 12.6. The maximum Gasteiger partial charge on any atom is 0.180 e. The van der Waals surface area contributed by atoms with E-state index in [0.29, 0.717) is 17.3 Å². The van der Waals surface area contributed by atoms with Gasteiger partial charge in [-0.2, -0.15) is 0 Å². The van der Waals surface area contributed by atoms with Gasteiger partial charge < -0.3 is 15.8 Å². The van der Waals surface area contributed by atoms with E-state index in [9.17, 15) is 0 Å². The van der Waals surface area contributed by atoms with Gasteiger partial charge in [-0.05, 0) is 73.0 Å². The number of benzene rings is 3. The lowest BCUT2D eigenvalue weighted by Crippen LogP contribution is -2.03. The van der Waals surface area contributed by atoms with E-state index in [1.165, 1.54) is 11.9 Å². The summed E-state index contributed by atoms with van der Waals surface area (Å²) >= 11 is 1.44. The van der Waals surface area contributed by atoms with Crippen LogP contribution in [-0.2, 0) is 0 Å². The first-order valence-electron chi connectivity index (χ1n) is 11.8. The van der Waals surface area contributed by atoms with E-state index < -0.39 is 0 Å². The molecule has 4 N–H and O–H groups in total. The lowest BCUT2D eigenvalue weighted by Gasteiger charge is -2.14. The van der Waals surface area contributed by atoms with Gasteiger partial charge in [-0.25, -0.2) is 9.97 Å². The van der Waals surface area contributed by atoms with Gasteiger partial charge >= 0.3 is 0 Å². The van der Waals surface area contributed by atoms with Crippen LogP contribution in [-0.4, -0.2) is 15.0 Å². The zero-order chi connectivity index (χ0) is 25.2. The fourth-order valence-electron chi connectivity index (χ4n) is 3.41. The second-order valence-electron chi connectivity index (χ2n) is 7.20. The molecule has 0 unspecified atom stereocenters. The molecule has 0 saturated heterocycles. The topological polar surface area (TPSA) is 88.8 Å². The van der Waals surface area contributed by atoms with E-state index in [4.69, 9.17) is 15.7 Å². The van der Waals surface area contributed by atoms with Gasteiger partial charge in [0.1, 0.15) is 0 Å². The zero-order valence-corrected chi connectivity index (χ0v) is 21.6. The average Bonchev–Trinajstić information content (AvgIpc) is 2.90. The van der Waals surface area contributed by atoms with E-state index in [1.807, 2.05) is 82.3 Å². The molecule has 0 aliphatic rings. The minimum Gasteiger partial charge on any atom is -0.399 e. The van der Waals surface area contributed by atoms with E-state index >= 15 is 0 Å². The van der Waals surface area contributed by atoms with Gasteiger partial charge in [0.05, 0.1) is 22.2 Å². The van der Waals surface area contributed by atoms with Crippen LogP contribution in [0.15, 0.2) is 83.9 Å². The fraction of sp³-hybridized carbons (Fsp3) is 0.179. The smallest absolute Gasteiger partial charge is 0.180 e. The van der Waals surface area contributed by atoms with Crippen LogP contribution in [0.1, 0.15) is 33.3 Å². The third kappa shape index (κ3) is 6.39. The Labute approximate surface area is 211 Å². The number of fused-ring (bicyclic) bond motifs is 2. The number of aryl methyl sites for hydroxylation is 1. The molecule has 5 rings (SSSR count). The number of rotatable bonds is 5. The van der Waals surface area contributed by atoms with Gasteiger partial charge in [0, 0.05) is 22.2 Å². The van der Waals surface area contributed by atoms with Crippen molar-refractivity contribution in [3.8, 4) is 0 Å². The van der Waals surface area contributed by atoms with Crippen molar-refractivity contribution >= 4 is 56.9 Å². The second-order valence-corrected chi connectivity index (χ2v) is 8.08. The molecule has 5 aromatic rings. The van der Waals surface area contributed by atoms with Crippen molar-refractivity contribution in [2.24, 2.45) is 0 Å². The van der Waals surface area contributed by atoms with Gasteiger partial charge in [0.15, 0.2) is 11.6 Å². The van der Waals surface area contributed by atoms with Gasteiger partial charge in [-0.15, -0.1) is 0 Å². The Hall–Kier alpha value is -3.84. The van der Waals surface area contributed by atoms with E-state index in [1.54, 1.807) is 6.20 Å². The molecule has 6 nitrogen and oxygen atoms in total. The molecule has 0 aliphatic heterocycles. The summed E-state index contributed by atoms with van der Waals surface area (Å²) in [5, 5.41) is 4.53. The van der Waals surface area contributed by atoms with Crippen molar-refractivity contribution in [3.63, 3.8) is 0 Å². The number of nitrogens with zero attached hydrogens (tertiary/aromatic N) is 3. The molecule has 180 valence electrons. The molecule has 0 amide bonds. The number of para-hydroxylation sites is 2. The first kappa shape index (κ1) is 25.8. The number of nitrogens with one attached hydrogen (secondary N) is 2. The van der Waals surface area contributed by atoms with Crippen LogP contribution in [0.4, 0.5) is 23.0 Å². The lowest BCUT2D eigenvalue weighted by atomic mass is 10.1. The molecule has 0 spiro atoms. The van der Waals surface area contributed by atoms with Crippen LogP contribution in [0.3, 0.4) is 0 Å². The van der Waals surface area contributed by atoms with Crippen molar-refractivity contribution in [2.45, 2.75) is 39.5 Å². The largest absolute Gasteiger partial charge is 0.399 e. The Morgan fingerprint density at radius 1 is 0.771 bits per heavy atom. The lowest BCUT2D eigenvalue weighted by molar-refractivity contribution is 1.28. The molecule has 0 aliphatic carbocycles. The summed E-state index contributed by atoms with van der Waals surface area (Å²) in [4.78, 5) is 15.2. The highest BCUT2D eigenvalue weighted by Crippen LogP contribution is 2.32. The third-order valence-corrected chi connectivity index (χ3v) is 5.58. The number of anilines is 4. The standard InChI is InChI=1S/C24H20N6S.2C2H6/c1-15-12-16-6-5-11-26-22(16)21(13-15)29-23-24(28-20-10-3-2-9-19(20)27-23)30-31-18-8-4-7-17(25)14-18;2*1-2/h2-14H,25H2,1H3,(H,27,29)(H,28,30);2*1-2H3. The Morgan fingerprint density at radius 3 is 2.20 bits per heavy atom. The Morgan fingerprint density at radius 2 is 1.49 bits per heavy atom. The highest BCUT2D eigenvalue weighted by Gasteiger charge is 2.12. The normalized spacial score (nSPS) is 10.1. The Bertz CT molecular complexity index is 1400. The molecule has 35 heavy (non-hydrogen) atoms. The van der Waals surface area contributed by atoms with Crippen LogP contribution in [0.25, 0.3) is 21.9 Å². The maximum absolute atomic E-state index is 5.91. The van der Waals surface area contributed by atoms with Crippen molar-refractivity contribution in [2.75, 3.05) is 15.8 Å². The van der Waals surface area contributed by atoms with Crippen molar-refractivity contribution in [1.29, 1.82) is 0 Å². The molecule has 2 heterocycles. The van der Waals surface area contributed by atoms with Gasteiger partial charge in [-0.1, -0.05) is 52.0 Å². The van der Waals surface area contributed by atoms with E-state index in [0.717, 1.165) is 38.1 Å². The van der Waals surface area contributed by atoms with Gasteiger partial charge in [0.25, 0.3) is 0 Å². The summed E-state index contributed by atoms with van der Waals surface area (Å²) in [6.45, 7) is 10.1. The number of pyridine rings is 1. The van der Waals surface area contributed by atoms with Crippen molar-refractivity contribution < 1.29 is 0 Å². The van der Waals surface area contributed by atoms with Crippen molar-refractivity contribution in [1.82, 2.24) is 15.0 Å². The summed E-state index contributed by atoms with van der Waals surface area (Å²) in [6, 6.07) is 23.7. The third-order valence-electron chi connectivity index (χ3n) is 4.80. The number of nitrogen functional groups attached to an aromatic ring is 1.